The molecule has 1 aromatic rings. The van der Waals surface area contributed by atoms with Crippen LogP contribution in [0.3, 0.4) is 0 Å². The predicted molar refractivity (Wildman–Crippen MR) is 94.5 cm³/mol. The van der Waals surface area contributed by atoms with Gasteiger partial charge >= 0.3 is 5.97 Å². The van der Waals surface area contributed by atoms with E-state index in [0.717, 1.165) is 25.7 Å². The summed E-state index contributed by atoms with van der Waals surface area (Å²) in [5, 5.41) is 10.2. The molecule has 134 valence electrons. The average Bonchev–Trinajstić information content (AvgIpc) is 2.93. The molecule has 5 nitrogen and oxygen atoms in total. The third-order valence-electron chi connectivity index (χ3n) is 4.88. The highest BCUT2D eigenvalue weighted by atomic mass is 35.5. The van der Waals surface area contributed by atoms with Crippen molar-refractivity contribution in [3.05, 3.63) is 41.1 Å². The summed E-state index contributed by atoms with van der Waals surface area (Å²) >= 11 is 5.93. The Balaban J connectivity index is 1.65. The molecule has 1 N–H and O–H groups in total. The molecule has 1 atom stereocenters. The maximum atomic E-state index is 12.3. The minimum atomic E-state index is -0.948. The first-order valence-corrected chi connectivity index (χ1v) is 9.08. The largest absolute Gasteiger partial charge is 0.480 e. The fourth-order valence-electron chi connectivity index (χ4n) is 3.62. The van der Waals surface area contributed by atoms with Crippen LogP contribution in [0, 0.1) is 5.92 Å². The van der Waals surface area contributed by atoms with E-state index in [4.69, 9.17) is 16.3 Å². The summed E-state index contributed by atoms with van der Waals surface area (Å²) < 4.78 is 5.70. The van der Waals surface area contributed by atoms with Crippen molar-refractivity contribution < 1.29 is 19.4 Å². The van der Waals surface area contributed by atoms with Gasteiger partial charge in [0, 0.05) is 11.1 Å². The van der Waals surface area contributed by atoms with Crippen LogP contribution in [0.15, 0.2) is 36.1 Å². The van der Waals surface area contributed by atoms with Gasteiger partial charge in [0.05, 0.1) is 6.54 Å². The average molecular weight is 364 g/mol. The lowest BCUT2D eigenvalue weighted by molar-refractivity contribution is -0.148. The molecule has 0 spiro atoms. The van der Waals surface area contributed by atoms with Gasteiger partial charge in [0.15, 0.2) is 0 Å². The number of carbonyl (C=O) groups excluding carboxylic acids is 1. The van der Waals surface area contributed by atoms with E-state index in [1.165, 1.54) is 17.4 Å². The third-order valence-corrected chi connectivity index (χ3v) is 5.12. The highest BCUT2D eigenvalue weighted by molar-refractivity contribution is 6.30. The van der Waals surface area contributed by atoms with Crippen molar-refractivity contribution >= 4 is 23.5 Å². The van der Waals surface area contributed by atoms with Gasteiger partial charge < -0.3 is 14.7 Å². The van der Waals surface area contributed by atoms with Gasteiger partial charge in [0.25, 0.3) is 5.91 Å². The van der Waals surface area contributed by atoms with Gasteiger partial charge in [-0.15, -0.1) is 0 Å². The number of rotatable bonds is 6. The first-order chi connectivity index (χ1) is 12.0. The van der Waals surface area contributed by atoms with Crippen LogP contribution in [0.4, 0.5) is 0 Å². The molecule has 0 radical (unpaired) electrons. The van der Waals surface area contributed by atoms with Gasteiger partial charge in [-0.05, 0) is 30.5 Å². The molecule has 1 aromatic carbocycles. The Labute approximate surface area is 152 Å². The minimum Gasteiger partial charge on any atom is -0.480 e. The number of carboxylic acid groups (broad SMARTS) is 1. The molecule has 0 bridgehead atoms. The van der Waals surface area contributed by atoms with Gasteiger partial charge in [-0.3, -0.25) is 4.79 Å². The number of ether oxygens (including phenoxy) is 1. The number of hydrogen-bond donors (Lipinski definition) is 1. The van der Waals surface area contributed by atoms with Gasteiger partial charge in [-0.25, -0.2) is 4.79 Å². The summed E-state index contributed by atoms with van der Waals surface area (Å²) in [5.74, 6) is 0.104. The molecule has 1 heterocycles. The summed E-state index contributed by atoms with van der Waals surface area (Å²) in [6, 6.07) is 6.10. The molecule has 1 unspecified atom stereocenters. The lowest BCUT2D eigenvalue weighted by Gasteiger charge is -2.30. The Morgan fingerprint density at radius 1 is 1.32 bits per heavy atom. The highest BCUT2D eigenvalue weighted by Crippen LogP contribution is 2.30. The lowest BCUT2D eigenvalue weighted by atomic mass is 9.84. The first-order valence-electron chi connectivity index (χ1n) is 8.70. The van der Waals surface area contributed by atoms with Crippen LogP contribution in [0.5, 0.6) is 5.75 Å². The second-order valence-electron chi connectivity index (χ2n) is 6.73. The van der Waals surface area contributed by atoms with Crippen LogP contribution >= 0.6 is 11.6 Å². The maximum Gasteiger partial charge on any atom is 0.326 e. The molecular weight excluding hydrogens is 342 g/mol. The summed E-state index contributed by atoms with van der Waals surface area (Å²) in [6.07, 6.45) is 7.49. The summed E-state index contributed by atoms with van der Waals surface area (Å²) in [4.78, 5) is 25.4. The third kappa shape index (κ3) is 4.54. The molecule has 1 aliphatic heterocycles. The van der Waals surface area contributed by atoms with E-state index in [9.17, 15) is 14.7 Å². The van der Waals surface area contributed by atoms with E-state index in [0.29, 0.717) is 28.9 Å². The van der Waals surface area contributed by atoms with Crippen molar-refractivity contribution in [2.75, 3.05) is 6.54 Å². The van der Waals surface area contributed by atoms with Crippen LogP contribution in [-0.2, 0) is 9.59 Å². The maximum absolute atomic E-state index is 12.3. The Kier molecular flexibility index (Phi) is 5.63. The van der Waals surface area contributed by atoms with Crippen molar-refractivity contribution in [3.63, 3.8) is 0 Å². The highest BCUT2D eigenvalue weighted by Gasteiger charge is 2.36. The van der Waals surface area contributed by atoms with E-state index in [2.05, 4.69) is 0 Å². The van der Waals surface area contributed by atoms with Crippen LogP contribution in [0.25, 0.3) is 0 Å². The molecular formula is C19H22ClNO4. The van der Waals surface area contributed by atoms with Crippen LogP contribution in [0.1, 0.15) is 38.5 Å². The van der Waals surface area contributed by atoms with E-state index in [1.54, 1.807) is 24.3 Å². The van der Waals surface area contributed by atoms with E-state index < -0.39 is 12.0 Å². The van der Waals surface area contributed by atoms with Crippen molar-refractivity contribution in [2.24, 2.45) is 5.92 Å². The number of aliphatic carboxylic acids is 1. The Morgan fingerprint density at radius 2 is 2.08 bits per heavy atom. The summed E-state index contributed by atoms with van der Waals surface area (Å²) in [7, 11) is 0. The fraction of sp³-hybridized carbons (Fsp3) is 0.474. The van der Waals surface area contributed by atoms with Crippen LogP contribution < -0.4 is 4.74 Å². The van der Waals surface area contributed by atoms with E-state index >= 15 is 0 Å². The molecule has 2 aliphatic rings. The van der Waals surface area contributed by atoms with E-state index in [-0.39, 0.29) is 12.5 Å². The topological polar surface area (TPSA) is 66.8 Å². The zero-order valence-electron chi connectivity index (χ0n) is 14.0. The number of carbonyl (C=O) groups is 2. The molecule has 1 aliphatic carbocycles. The van der Waals surface area contributed by atoms with Crippen molar-refractivity contribution in [3.8, 4) is 5.75 Å². The molecule has 0 saturated heterocycles. The second-order valence-corrected chi connectivity index (χ2v) is 7.17. The molecule has 1 fully saturated rings. The number of nitrogens with zero attached hydrogens (tertiary/aromatic N) is 1. The van der Waals surface area contributed by atoms with Gasteiger partial charge in [0.2, 0.25) is 0 Å². The normalized spacial score (nSPS) is 19.6. The Morgan fingerprint density at radius 3 is 2.76 bits per heavy atom. The summed E-state index contributed by atoms with van der Waals surface area (Å²) in [6.45, 7) is 0.176. The minimum absolute atomic E-state index is 0.176. The molecule has 1 amide bonds. The molecule has 6 heteroatoms. The predicted octanol–water partition coefficient (Wildman–Crippen LogP) is 3.87. The molecule has 25 heavy (non-hydrogen) atoms. The van der Waals surface area contributed by atoms with E-state index in [1.807, 2.05) is 0 Å². The van der Waals surface area contributed by atoms with Gasteiger partial charge in [0.1, 0.15) is 17.6 Å². The van der Waals surface area contributed by atoms with Crippen molar-refractivity contribution in [1.29, 1.82) is 0 Å². The first kappa shape index (κ1) is 17.8. The van der Waals surface area contributed by atoms with Gasteiger partial charge in [-0.1, -0.05) is 49.8 Å². The summed E-state index contributed by atoms with van der Waals surface area (Å²) in [5.41, 5.74) is 0. The molecule has 0 aromatic heterocycles. The number of hydrogen-bond acceptors (Lipinski definition) is 3. The van der Waals surface area contributed by atoms with Crippen LogP contribution in [-0.4, -0.2) is 34.5 Å². The van der Waals surface area contributed by atoms with Gasteiger partial charge in [-0.2, -0.15) is 0 Å². The zero-order chi connectivity index (χ0) is 17.8. The van der Waals surface area contributed by atoms with Crippen LogP contribution in [0.2, 0.25) is 5.02 Å². The number of halogens is 1. The Hall–Kier alpha value is -2.01. The Bertz CT molecular complexity index is 682. The smallest absolute Gasteiger partial charge is 0.326 e. The standard InChI is InChI=1S/C19H22ClNO4/c20-14-7-4-8-15(10-14)25-16-11-18(22)21(12-16)17(19(23)24)9-13-5-2-1-3-6-13/h4,7-8,10-11,13,17H,1-3,5-6,9,12H2,(H,23,24). The fourth-order valence-corrected chi connectivity index (χ4v) is 3.80. The SMILES string of the molecule is O=C(O)C(CC1CCCCC1)N1CC(Oc2cccc(Cl)c2)=CC1=O. The lowest BCUT2D eigenvalue weighted by Crippen LogP contribution is -2.44. The number of benzene rings is 1. The molecule has 3 rings (SSSR count). The van der Waals surface area contributed by atoms with Crippen molar-refractivity contribution in [2.45, 2.75) is 44.6 Å². The second kappa shape index (κ2) is 7.91. The van der Waals surface area contributed by atoms with Crippen molar-refractivity contribution in [1.82, 2.24) is 4.90 Å². The molecule has 1 saturated carbocycles. The number of amides is 1. The number of carboxylic acids is 1. The monoisotopic (exact) mass is 363 g/mol. The zero-order valence-corrected chi connectivity index (χ0v) is 14.7. The quantitative estimate of drug-likeness (QED) is 0.833.